The Hall–Kier alpha value is -2.73. The maximum absolute atomic E-state index is 8.28. The molecule has 138 valence electrons. The third-order valence-electron chi connectivity index (χ3n) is 4.75. The summed E-state index contributed by atoms with van der Waals surface area (Å²) in [4.78, 5) is 7.24. The molecule has 1 aliphatic rings. The molecular weight excluding hydrogens is 356 g/mol. The lowest BCUT2D eigenvalue weighted by Gasteiger charge is -2.16. The van der Waals surface area contributed by atoms with Crippen molar-refractivity contribution >= 4 is 32.9 Å². The van der Waals surface area contributed by atoms with Gasteiger partial charge in [0.15, 0.2) is 5.17 Å². The molecule has 27 heavy (non-hydrogen) atoms. The Morgan fingerprint density at radius 2 is 2.07 bits per heavy atom. The molecule has 0 aliphatic carbocycles. The number of ether oxygens (including phenoxy) is 1. The van der Waals surface area contributed by atoms with Crippen LogP contribution < -0.4 is 10.5 Å². The molecule has 4 N–H and O–H groups in total. The highest BCUT2D eigenvalue weighted by atomic mass is 32.2. The number of aromatic nitrogens is 1. The predicted octanol–water partition coefficient (Wildman–Crippen LogP) is 4.55. The fourth-order valence-electron chi connectivity index (χ4n) is 3.47. The molecule has 0 bridgehead atoms. The second-order valence-electron chi connectivity index (χ2n) is 7.32. The maximum atomic E-state index is 8.28. The third-order valence-corrected chi connectivity index (χ3v) is 5.58. The van der Waals surface area contributed by atoms with E-state index in [2.05, 4.69) is 42.0 Å². The number of nitrogens with zero attached hydrogens (tertiary/aromatic N) is 1. The molecular formula is C21H22N4OS. The van der Waals surface area contributed by atoms with Gasteiger partial charge in [-0.2, -0.15) is 0 Å². The summed E-state index contributed by atoms with van der Waals surface area (Å²) in [5.41, 5.74) is 10.9. The summed E-state index contributed by atoms with van der Waals surface area (Å²) in [6, 6.07) is 12.3. The minimum atomic E-state index is -0.151. The van der Waals surface area contributed by atoms with Crippen LogP contribution in [0.2, 0.25) is 0 Å². The van der Waals surface area contributed by atoms with Crippen molar-refractivity contribution in [2.24, 2.45) is 10.7 Å². The Bertz CT molecular complexity index is 1080. The van der Waals surface area contributed by atoms with Crippen LogP contribution in [0.5, 0.6) is 5.75 Å². The highest BCUT2D eigenvalue weighted by Gasteiger charge is 2.30. The van der Waals surface area contributed by atoms with Crippen LogP contribution in [0, 0.1) is 5.41 Å². The molecule has 2 aromatic carbocycles. The lowest BCUT2D eigenvalue weighted by atomic mass is 9.98. The molecule has 0 radical (unpaired) electrons. The molecule has 0 saturated heterocycles. The van der Waals surface area contributed by atoms with Gasteiger partial charge in [-0.1, -0.05) is 18.2 Å². The first kappa shape index (κ1) is 17.7. The molecule has 6 heteroatoms. The molecule has 0 saturated carbocycles. The van der Waals surface area contributed by atoms with Crippen LogP contribution in [0.4, 0.5) is 0 Å². The van der Waals surface area contributed by atoms with Crippen molar-refractivity contribution in [3.63, 3.8) is 0 Å². The van der Waals surface area contributed by atoms with E-state index in [4.69, 9.17) is 15.9 Å². The lowest BCUT2D eigenvalue weighted by Crippen LogP contribution is -2.24. The first-order chi connectivity index (χ1) is 12.9. The average Bonchev–Trinajstić information content (AvgIpc) is 3.18. The minimum absolute atomic E-state index is 0.151. The number of fused-ring (bicyclic) bond motifs is 2. The summed E-state index contributed by atoms with van der Waals surface area (Å²) in [7, 11) is 1.63. The zero-order valence-electron chi connectivity index (χ0n) is 15.6. The summed E-state index contributed by atoms with van der Waals surface area (Å²) < 4.78 is 6.09. The molecule has 5 nitrogen and oxygen atoms in total. The molecule has 0 unspecified atom stereocenters. The van der Waals surface area contributed by atoms with Gasteiger partial charge < -0.3 is 15.5 Å². The first-order valence-corrected chi connectivity index (χ1v) is 9.60. The number of amidine groups is 1. The number of hydrogen-bond acceptors (Lipinski definition) is 4. The number of benzene rings is 2. The number of H-pyrrole nitrogens is 1. The highest BCUT2D eigenvalue weighted by molar-refractivity contribution is 8.26. The van der Waals surface area contributed by atoms with Crippen LogP contribution in [-0.4, -0.2) is 27.8 Å². The highest BCUT2D eigenvalue weighted by Crippen LogP contribution is 2.39. The molecule has 2 heterocycles. The van der Waals surface area contributed by atoms with E-state index in [-0.39, 0.29) is 5.60 Å². The molecule has 1 aliphatic heterocycles. The summed E-state index contributed by atoms with van der Waals surface area (Å²) in [5, 5.41) is 10.1. The minimum Gasteiger partial charge on any atom is -0.487 e. The zero-order chi connectivity index (χ0) is 19.2. The van der Waals surface area contributed by atoms with E-state index in [9.17, 15) is 0 Å². The van der Waals surface area contributed by atoms with E-state index in [1.807, 2.05) is 24.4 Å². The van der Waals surface area contributed by atoms with E-state index in [1.54, 1.807) is 7.05 Å². The van der Waals surface area contributed by atoms with Crippen molar-refractivity contribution in [3.8, 4) is 16.9 Å². The largest absolute Gasteiger partial charge is 0.487 e. The van der Waals surface area contributed by atoms with Crippen LogP contribution in [0.3, 0.4) is 0 Å². The lowest BCUT2D eigenvalue weighted by molar-refractivity contribution is 0.138. The Morgan fingerprint density at radius 3 is 2.85 bits per heavy atom. The van der Waals surface area contributed by atoms with Crippen molar-refractivity contribution in [3.05, 3.63) is 53.7 Å². The van der Waals surface area contributed by atoms with Gasteiger partial charge in [0.1, 0.15) is 16.4 Å². The van der Waals surface area contributed by atoms with Gasteiger partial charge in [-0.3, -0.25) is 10.4 Å². The molecule has 4 rings (SSSR count). The van der Waals surface area contributed by atoms with Gasteiger partial charge in [0, 0.05) is 41.7 Å². The van der Waals surface area contributed by atoms with E-state index < -0.39 is 0 Å². The van der Waals surface area contributed by atoms with Crippen molar-refractivity contribution in [2.75, 3.05) is 7.05 Å². The van der Waals surface area contributed by atoms with E-state index >= 15 is 0 Å². The number of hydrogen-bond donors (Lipinski definition) is 3. The number of thioether (sulfide) groups is 1. The second kappa shape index (κ2) is 6.46. The quantitative estimate of drug-likeness (QED) is 0.451. The van der Waals surface area contributed by atoms with Crippen molar-refractivity contribution < 1.29 is 4.74 Å². The number of aromatic amines is 1. The van der Waals surface area contributed by atoms with Crippen LogP contribution in [0.25, 0.3) is 22.0 Å². The van der Waals surface area contributed by atoms with Crippen molar-refractivity contribution in [2.45, 2.75) is 25.9 Å². The van der Waals surface area contributed by atoms with Crippen molar-refractivity contribution in [1.29, 1.82) is 5.41 Å². The summed E-state index contributed by atoms with van der Waals surface area (Å²) in [6.45, 7) is 4.22. The SMILES string of the molecule is CN=C(N)SC(=N)c1ccc2[nH]cc(-c3ccc4c(c3)OC(C)(C)C4)c2c1. The third kappa shape index (κ3) is 3.32. The summed E-state index contributed by atoms with van der Waals surface area (Å²) in [6.07, 6.45) is 2.93. The predicted molar refractivity (Wildman–Crippen MR) is 114 cm³/mol. The van der Waals surface area contributed by atoms with Crippen LogP contribution in [0.15, 0.2) is 47.6 Å². The number of nitrogens with one attached hydrogen (secondary N) is 2. The number of aliphatic imine (C=N–C) groups is 1. The van der Waals surface area contributed by atoms with Crippen LogP contribution >= 0.6 is 11.8 Å². The van der Waals surface area contributed by atoms with Crippen LogP contribution in [0.1, 0.15) is 25.0 Å². The molecule has 3 aromatic rings. The standard InChI is InChI=1S/C21H22N4OS/c1-21(2)10-14-5-4-12(9-18(14)26-21)16-11-25-17-7-6-13(8-15(16)17)19(22)27-20(23)24-3/h4-9,11,22,25H,10H2,1-3H3,(H2,23,24). The maximum Gasteiger partial charge on any atom is 0.160 e. The number of rotatable bonds is 2. The topological polar surface area (TPSA) is 87.2 Å². The Balaban J connectivity index is 1.73. The molecule has 0 fully saturated rings. The molecule has 0 amide bonds. The molecule has 1 aromatic heterocycles. The van der Waals surface area contributed by atoms with Gasteiger partial charge in [0.25, 0.3) is 0 Å². The van der Waals surface area contributed by atoms with Gasteiger partial charge in [0.05, 0.1) is 0 Å². The van der Waals surface area contributed by atoms with Gasteiger partial charge >= 0.3 is 0 Å². The Labute approximate surface area is 162 Å². The average molecular weight is 379 g/mol. The normalized spacial score (nSPS) is 15.6. The fourth-order valence-corrected chi connectivity index (χ4v) is 4.01. The number of nitrogens with two attached hydrogens (primary N) is 1. The van der Waals surface area contributed by atoms with E-state index in [0.717, 1.165) is 51.5 Å². The monoisotopic (exact) mass is 378 g/mol. The molecule has 0 spiro atoms. The fraction of sp³-hybridized carbons (Fsp3) is 0.238. The van der Waals surface area contributed by atoms with Gasteiger partial charge in [-0.05, 0) is 54.9 Å². The van der Waals surface area contributed by atoms with Gasteiger partial charge in [-0.15, -0.1) is 0 Å². The van der Waals surface area contributed by atoms with E-state index in [0.29, 0.717) is 10.2 Å². The van der Waals surface area contributed by atoms with Crippen LogP contribution in [-0.2, 0) is 6.42 Å². The van der Waals surface area contributed by atoms with Gasteiger partial charge in [0.2, 0.25) is 0 Å². The first-order valence-electron chi connectivity index (χ1n) is 8.79. The Kier molecular flexibility index (Phi) is 4.23. The van der Waals surface area contributed by atoms with Gasteiger partial charge in [-0.25, -0.2) is 0 Å². The summed E-state index contributed by atoms with van der Waals surface area (Å²) >= 11 is 1.16. The zero-order valence-corrected chi connectivity index (χ0v) is 16.4. The Morgan fingerprint density at radius 1 is 1.26 bits per heavy atom. The second-order valence-corrected chi connectivity index (χ2v) is 8.35. The summed E-state index contributed by atoms with van der Waals surface area (Å²) in [5.74, 6) is 0.957. The van der Waals surface area contributed by atoms with Crippen molar-refractivity contribution in [1.82, 2.24) is 4.98 Å². The van der Waals surface area contributed by atoms with E-state index in [1.165, 1.54) is 5.56 Å². The molecule has 0 atom stereocenters. The smallest absolute Gasteiger partial charge is 0.160 e.